The van der Waals surface area contributed by atoms with E-state index in [9.17, 15) is 0 Å². The minimum absolute atomic E-state index is 0.840. The van der Waals surface area contributed by atoms with Crippen LogP contribution in [0.1, 0.15) is 38.3 Å². The average molecular weight is 223 g/mol. The van der Waals surface area contributed by atoms with Gasteiger partial charge in [0.15, 0.2) is 0 Å². The molecule has 0 aliphatic carbocycles. The zero-order valence-corrected chi connectivity index (χ0v) is 10.6. The van der Waals surface area contributed by atoms with E-state index in [0.29, 0.717) is 0 Å². The highest BCUT2D eigenvalue weighted by Crippen LogP contribution is 2.18. The third-order valence-electron chi connectivity index (χ3n) is 2.78. The Morgan fingerprint density at radius 2 is 2.00 bits per heavy atom. The van der Waals surface area contributed by atoms with Gasteiger partial charge in [0.25, 0.3) is 0 Å². The number of hydrogen-bond acceptors (Lipinski definition) is 0. The molecule has 0 saturated heterocycles. The maximum absolute atomic E-state index is 5.97. The minimum Gasteiger partial charge on any atom is -0.0843 e. The second-order valence-corrected chi connectivity index (χ2v) is 4.31. The largest absolute Gasteiger partial charge is 0.0843 e. The highest BCUT2D eigenvalue weighted by molar-refractivity contribution is 6.30. The van der Waals surface area contributed by atoms with Crippen molar-refractivity contribution >= 4 is 11.6 Å². The molecule has 0 fully saturated rings. The van der Waals surface area contributed by atoms with Gasteiger partial charge < -0.3 is 0 Å². The van der Waals surface area contributed by atoms with Crippen LogP contribution in [0.2, 0.25) is 5.02 Å². The van der Waals surface area contributed by atoms with E-state index in [1.165, 1.54) is 16.7 Å². The van der Waals surface area contributed by atoms with E-state index in [2.05, 4.69) is 39.0 Å². The third-order valence-corrected chi connectivity index (χ3v) is 3.01. The Morgan fingerprint density at radius 1 is 1.27 bits per heavy atom. The molecule has 0 N–H and O–H groups in total. The second kappa shape index (κ2) is 5.97. The van der Waals surface area contributed by atoms with E-state index in [-0.39, 0.29) is 0 Å². The molecule has 1 rings (SSSR count). The quantitative estimate of drug-likeness (QED) is 0.642. The molecule has 1 aromatic rings. The van der Waals surface area contributed by atoms with Gasteiger partial charge in [0.05, 0.1) is 0 Å². The fourth-order valence-electron chi connectivity index (χ4n) is 1.55. The van der Waals surface area contributed by atoms with Crippen LogP contribution in [-0.4, -0.2) is 0 Å². The number of aryl methyl sites for hydroxylation is 1. The molecule has 0 aromatic heterocycles. The molecule has 0 aliphatic heterocycles. The number of allylic oxidation sites excluding steroid dienone is 2. The van der Waals surface area contributed by atoms with Crippen molar-refractivity contribution in [3.05, 3.63) is 46.0 Å². The molecule has 0 atom stereocenters. The van der Waals surface area contributed by atoms with Crippen molar-refractivity contribution in [3.63, 3.8) is 0 Å². The first-order valence-corrected chi connectivity index (χ1v) is 5.98. The van der Waals surface area contributed by atoms with Gasteiger partial charge in [-0.05, 0) is 49.4 Å². The first-order chi connectivity index (χ1) is 7.17. The second-order valence-electron chi connectivity index (χ2n) is 3.87. The van der Waals surface area contributed by atoms with Crippen LogP contribution >= 0.6 is 11.6 Å². The van der Waals surface area contributed by atoms with Crippen LogP contribution in [0.25, 0.3) is 0 Å². The van der Waals surface area contributed by atoms with Crippen molar-refractivity contribution in [1.29, 1.82) is 0 Å². The Hall–Kier alpha value is -0.750. The highest BCUT2D eigenvalue weighted by atomic mass is 35.5. The number of hydrogen-bond donors (Lipinski definition) is 0. The van der Waals surface area contributed by atoms with Crippen LogP contribution in [0.15, 0.2) is 29.8 Å². The van der Waals surface area contributed by atoms with Gasteiger partial charge in [-0.15, -0.1) is 0 Å². The molecule has 0 heterocycles. The summed E-state index contributed by atoms with van der Waals surface area (Å²) in [5, 5.41) is 0.840. The van der Waals surface area contributed by atoms with Crippen molar-refractivity contribution in [2.75, 3.05) is 0 Å². The van der Waals surface area contributed by atoms with Crippen molar-refractivity contribution < 1.29 is 0 Å². The summed E-state index contributed by atoms with van der Waals surface area (Å²) in [5.74, 6) is 0. The third kappa shape index (κ3) is 3.71. The molecular formula is C14H19Cl. The summed E-state index contributed by atoms with van der Waals surface area (Å²) in [6.07, 6.45) is 5.52. The topological polar surface area (TPSA) is 0 Å². The van der Waals surface area contributed by atoms with E-state index in [1.807, 2.05) is 6.07 Å². The Bertz CT molecular complexity index is 350. The lowest BCUT2D eigenvalue weighted by molar-refractivity contribution is 1.04. The van der Waals surface area contributed by atoms with E-state index >= 15 is 0 Å². The summed E-state index contributed by atoms with van der Waals surface area (Å²) >= 11 is 5.97. The van der Waals surface area contributed by atoms with E-state index < -0.39 is 0 Å². The van der Waals surface area contributed by atoms with Crippen LogP contribution in [-0.2, 0) is 12.8 Å². The molecule has 0 spiro atoms. The molecular weight excluding hydrogens is 204 g/mol. The summed E-state index contributed by atoms with van der Waals surface area (Å²) in [6, 6.07) is 6.19. The monoisotopic (exact) mass is 222 g/mol. The van der Waals surface area contributed by atoms with Gasteiger partial charge in [0.2, 0.25) is 0 Å². The fourth-order valence-corrected chi connectivity index (χ4v) is 1.75. The van der Waals surface area contributed by atoms with Gasteiger partial charge >= 0.3 is 0 Å². The van der Waals surface area contributed by atoms with Crippen LogP contribution in [0, 0.1) is 0 Å². The van der Waals surface area contributed by atoms with Crippen LogP contribution < -0.4 is 0 Å². The Morgan fingerprint density at radius 3 is 2.60 bits per heavy atom. The molecule has 1 aromatic carbocycles. The summed E-state index contributed by atoms with van der Waals surface area (Å²) in [4.78, 5) is 0. The molecule has 0 amide bonds. The van der Waals surface area contributed by atoms with Gasteiger partial charge in [0, 0.05) is 5.02 Å². The molecule has 0 nitrogen and oxygen atoms in total. The number of halogens is 1. The number of benzene rings is 1. The minimum atomic E-state index is 0.840. The van der Waals surface area contributed by atoms with E-state index in [4.69, 9.17) is 11.6 Å². The Balaban J connectivity index is 2.85. The zero-order chi connectivity index (χ0) is 11.3. The maximum atomic E-state index is 5.97. The van der Waals surface area contributed by atoms with Gasteiger partial charge in [-0.3, -0.25) is 0 Å². The van der Waals surface area contributed by atoms with Crippen molar-refractivity contribution in [2.45, 2.75) is 40.0 Å². The molecule has 0 saturated carbocycles. The van der Waals surface area contributed by atoms with E-state index in [1.54, 1.807) is 0 Å². The Labute approximate surface area is 98.0 Å². The van der Waals surface area contributed by atoms with Crippen LogP contribution in [0.5, 0.6) is 0 Å². The van der Waals surface area contributed by atoms with Gasteiger partial charge in [0.1, 0.15) is 0 Å². The highest BCUT2D eigenvalue weighted by Gasteiger charge is 2.00. The maximum Gasteiger partial charge on any atom is 0.0408 e. The average Bonchev–Trinajstić information content (AvgIpc) is 2.26. The van der Waals surface area contributed by atoms with Crippen molar-refractivity contribution in [3.8, 4) is 0 Å². The summed E-state index contributed by atoms with van der Waals surface area (Å²) in [5.41, 5.74) is 4.21. The van der Waals surface area contributed by atoms with Crippen LogP contribution in [0.3, 0.4) is 0 Å². The lowest BCUT2D eigenvalue weighted by Crippen LogP contribution is -1.91. The summed E-state index contributed by atoms with van der Waals surface area (Å²) in [6.45, 7) is 6.54. The van der Waals surface area contributed by atoms with Crippen molar-refractivity contribution in [2.24, 2.45) is 0 Å². The molecule has 0 bridgehead atoms. The van der Waals surface area contributed by atoms with E-state index in [0.717, 1.165) is 24.3 Å². The molecule has 0 radical (unpaired) electrons. The van der Waals surface area contributed by atoms with Gasteiger partial charge in [-0.1, -0.05) is 43.2 Å². The lowest BCUT2D eigenvalue weighted by atomic mass is 10.0. The smallest absolute Gasteiger partial charge is 0.0408 e. The van der Waals surface area contributed by atoms with Gasteiger partial charge in [-0.25, -0.2) is 0 Å². The predicted molar refractivity (Wildman–Crippen MR) is 68.6 cm³/mol. The molecule has 0 aliphatic rings. The number of rotatable bonds is 4. The predicted octanol–water partition coefficient (Wildman–Crippen LogP) is 4.80. The lowest BCUT2D eigenvalue weighted by Gasteiger charge is -2.06. The summed E-state index contributed by atoms with van der Waals surface area (Å²) in [7, 11) is 0. The first kappa shape index (κ1) is 12.3. The first-order valence-electron chi connectivity index (χ1n) is 5.60. The zero-order valence-electron chi connectivity index (χ0n) is 9.81. The molecule has 82 valence electrons. The normalized spacial score (nSPS) is 11.9. The van der Waals surface area contributed by atoms with Crippen molar-refractivity contribution in [1.82, 2.24) is 0 Å². The Kier molecular flexibility index (Phi) is 4.90. The summed E-state index contributed by atoms with van der Waals surface area (Å²) < 4.78 is 0. The molecule has 15 heavy (non-hydrogen) atoms. The molecule has 1 heteroatoms. The SMILES string of the molecule is CC/C(C)=C/Cc1ccc(Cl)cc1CC. The fraction of sp³-hybridized carbons (Fsp3) is 0.429. The van der Waals surface area contributed by atoms with Crippen LogP contribution in [0.4, 0.5) is 0 Å². The molecule has 0 unspecified atom stereocenters. The standard InChI is InChI=1S/C14H19Cl/c1-4-11(3)6-7-13-8-9-14(15)10-12(13)5-2/h6,8-10H,4-5,7H2,1-3H3/b11-6+. The van der Waals surface area contributed by atoms with Gasteiger partial charge in [-0.2, -0.15) is 0 Å².